The number of amides is 1. The van der Waals surface area contributed by atoms with Gasteiger partial charge in [0.05, 0.1) is 17.7 Å². The van der Waals surface area contributed by atoms with Crippen molar-refractivity contribution in [3.8, 4) is 0 Å². The van der Waals surface area contributed by atoms with Crippen molar-refractivity contribution in [3.63, 3.8) is 0 Å². The molecule has 1 aliphatic rings. The molecule has 4 rings (SSSR count). The Morgan fingerprint density at radius 2 is 2.15 bits per heavy atom. The Labute approximate surface area is 165 Å². The van der Waals surface area contributed by atoms with E-state index in [1.807, 2.05) is 43.4 Å². The van der Waals surface area contributed by atoms with Crippen LogP contribution in [0.1, 0.15) is 23.8 Å². The SMILES string of the molecule is Cn1cnnc1SCC(=O)N1N=C(c2ccc(Cl)cc2)C[C@H]1c1ccco1. The summed E-state index contributed by atoms with van der Waals surface area (Å²) in [7, 11) is 1.84. The lowest BCUT2D eigenvalue weighted by atomic mass is 10.0. The summed E-state index contributed by atoms with van der Waals surface area (Å²) in [5.74, 6) is 0.800. The number of benzene rings is 1. The van der Waals surface area contributed by atoms with Crippen LogP contribution in [0.15, 0.2) is 63.7 Å². The van der Waals surface area contributed by atoms with Gasteiger partial charge in [-0.2, -0.15) is 5.10 Å². The summed E-state index contributed by atoms with van der Waals surface area (Å²) >= 11 is 7.30. The number of hydrogen-bond acceptors (Lipinski definition) is 6. The van der Waals surface area contributed by atoms with Crippen LogP contribution >= 0.6 is 23.4 Å². The molecule has 138 valence electrons. The average Bonchev–Trinajstić information content (AvgIpc) is 3.41. The topological polar surface area (TPSA) is 76.5 Å². The van der Waals surface area contributed by atoms with Gasteiger partial charge in [-0.05, 0) is 29.8 Å². The number of nitrogens with zero attached hydrogens (tertiary/aromatic N) is 5. The number of thioether (sulfide) groups is 1. The zero-order chi connectivity index (χ0) is 18.8. The van der Waals surface area contributed by atoms with Crippen molar-refractivity contribution < 1.29 is 9.21 Å². The van der Waals surface area contributed by atoms with E-state index in [0.29, 0.717) is 22.4 Å². The molecule has 0 aliphatic carbocycles. The minimum atomic E-state index is -0.265. The monoisotopic (exact) mass is 401 g/mol. The summed E-state index contributed by atoms with van der Waals surface area (Å²) in [6.45, 7) is 0. The first kappa shape index (κ1) is 17.8. The molecule has 0 unspecified atom stereocenters. The van der Waals surface area contributed by atoms with Gasteiger partial charge >= 0.3 is 0 Å². The number of halogens is 1. The van der Waals surface area contributed by atoms with E-state index in [1.54, 1.807) is 17.2 Å². The van der Waals surface area contributed by atoms with Crippen molar-refractivity contribution in [3.05, 3.63) is 65.3 Å². The minimum Gasteiger partial charge on any atom is -0.467 e. The fourth-order valence-electron chi connectivity index (χ4n) is 2.86. The van der Waals surface area contributed by atoms with Gasteiger partial charge in [0.2, 0.25) is 0 Å². The predicted octanol–water partition coefficient (Wildman–Crippen LogP) is 3.53. The zero-order valence-electron chi connectivity index (χ0n) is 14.4. The highest BCUT2D eigenvalue weighted by atomic mass is 35.5. The van der Waals surface area contributed by atoms with Gasteiger partial charge in [-0.15, -0.1) is 10.2 Å². The molecule has 0 N–H and O–H groups in total. The Kier molecular flexibility index (Phi) is 5.00. The molecule has 0 spiro atoms. The second-order valence-electron chi connectivity index (χ2n) is 6.04. The third-order valence-corrected chi connectivity index (χ3v) is 5.48. The molecule has 1 amide bonds. The summed E-state index contributed by atoms with van der Waals surface area (Å²) < 4.78 is 7.32. The van der Waals surface area contributed by atoms with E-state index in [9.17, 15) is 4.79 Å². The van der Waals surface area contributed by atoms with E-state index in [4.69, 9.17) is 16.0 Å². The van der Waals surface area contributed by atoms with Crippen LogP contribution in [0.4, 0.5) is 0 Å². The molecule has 0 radical (unpaired) electrons. The van der Waals surface area contributed by atoms with Crippen LogP contribution < -0.4 is 0 Å². The van der Waals surface area contributed by atoms with Crippen LogP contribution in [-0.4, -0.2) is 37.1 Å². The van der Waals surface area contributed by atoms with Crippen molar-refractivity contribution in [1.82, 2.24) is 19.8 Å². The molecule has 0 saturated heterocycles. The Bertz CT molecular complexity index is 968. The quantitative estimate of drug-likeness (QED) is 0.611. The van der Waals surface area contributed by atoms with Gasteiger partial charge in [0.1, 0.15) is 18.1 Å². The molecule has 3 heterocycles. The number of hydrazone groups is 1. The summed E-state index contributed by atoms with van der Waals surface area (Å²) in [5.41, 5.74) is 1.76. The van der Waals surface area contributed by atoms with Gasteiger partial charge in [0.25, 0.3) is 5.91 Å². The largest absolute Gasteiger partial charge is 0.467 e. The second-order valence-corrected chi connectivity index (χ2v) is 7.42. The lowest BCUT2D eigenvalue weighted by Crippen LogP contribution is -2.28. The summed E-state index contributed by atoms with van der Waals surface area (Å²) in [6.07, 6.45) is 3.78. The van der Waals surface area contributed by atoms with Gasteiger partial charge in [0, 0.05) is 18.5 Å². The van der Waals surface area contributed by atoms with Crippen molar-refractivity contribution in [2.75, 3.05) is 5.75 Å². The first-order valence-corrected chi connectivity index (χ1v) is 9.64. The predicted molar refractivity (Wildman–Crippen MR) is 103 cm³/mol. The van der Waals surface area contributed by atoms with Crippen molar-refractivity contribution in [1.29, 1.82) is 0 Å². The molecule has 3 aromatic rings. The Balaban J connectivity index is 1.56. The third-order valence-electron chi connectivity index (χ3n) is 4.21. The molecule has 1 aliphatic heterocycles. The van der Waals surface area contributed by atoms with Crippen molar-refractivity contribution in [2.45, 2.75) is 17.6 Å². The molecule has 9 heteroatoms. The average molecular weight is 402 g/mol. The van der Waals surface area contributed by atoms with E-state index in [1.165, 1.54) is 16.8 Å². The zero-order valence-corrected chi connectivity index (χ0v) is 16.0. The van der Waals surface area contributed by atoms with Crippen molar-refractivity contribution >= 4 is 35.0 Å². The van der Waals surface area contributed by atoms with E-state index < -0.39 is 0 Å². The lowest BCUT2D eigenvalue weighted by Gasteiger charge is -2.19. The van der Waals surface area contributed by atoms with E-state index in [2.05, 4.69) is 15.3 Å². The molecule has 0 bridgehead atoms. The van der Waals surface area contributed by atoms with Crippen LogP contribution in [0.25, 0.3) is 0 Å². The summed E-state index contributed by atoms with van der Waals surface area (Å²) in [4.78, 5) is 12.9. The Hall–Kier alpha value is -2.58. The van der Waals surface area contributed by atoms with Crippen LogP contribution in [0.5, 0.6) is 0 Å². The van der Waals surface area contributed by atoms with Gasteiger partial charge in [-0.3, -0.25) is 4.79 Å². The number of hydrogen-bond donors (Lipinski definition) is 0. The fourth-order valence-corrected chi connectivity index (χ4v) is 3.72. The first-order chi connectivity index (χ1) is 13.1. The number of carbonyl (C=O) groups excluding carboxylic acids is 1. The smallest absolute Gasteiger partial charge is 0.253 e. The van der Waals surface area contributed by atoms with Gasteiger partial charge < -0.3 is 8.98 Å². The standard InChI is InChI=1S/C18H16ClN5O2S/c1-23-11-20-21-18(23)27-10-17(25)24-15(16-3-2-8-26-16)9-14(22-24)12-4-6-13(19)7-5-12/h2-8,11,15H,9-10H2,1H3/t15-/m0/s1. The number of aromatic nitrogens is 3. The maximum atomic E-state index is 12.9. The van der Waals surface area contributed by atoms with Crippen LogP contribution in [0.2, 0.25) is 5.02 Å². The molecule has 27 heavy (non-hydrogen) atoms. The minimum absolute atomic E-state index is 0.117. The maximum Gasteiger partial charge on any atom is 0.253 e. The second kappa shape index (κ2) is 7.58. The number of rotatable bonds is 5. The molecule has 0 fully saturated rings. The van der Waals surface area contributed by atoms with Gasteiger partial charge in [-0.25, -0.2) is 5.01 Å². The lowest BCUT2D eigenvalue weighted by molar-refractivity contribution is -0.130. The Morgan fingerprint density at radius 3 is 2.81 bits per heavy atom. The van der Waals surface area contributed by atoms with E-state index in [0.717, 1.165) is 11.3 Å². The Morgan fingerprint density at radius 1 is 1.33 bits per heavy atom. The van der Waals surface area contributed by atoms with Gasteiger partial charge in [0.15, 0.2) is 5.16 Å². The third kappa shape index (κ3) is 3.77. The number of furan rings is 1. The van der Waals surface area contributed by atoms with Crippen LogP contribution in [-0.2, 0) is 11.8 Å². The molecule has 2 aromatic heterocycles. The normalized spacial score (nSPS) is 16.6. The highest BCUT2D eigenvalue weighted by Crippen LogP contribution is 2.34. The molecular formula is C18H16ClN5O2S. The highest BCUT2D eigenvalue weighted by molar-refractivity contribution is 7.99. The van der Waals surface area contributed by atoms with E-state index in [-0.39, 0.29) is 17.7 Å². The maximum absolute atomic E-state index is 12.9. The number of aryl methyl sites for hydroxylation is 1. The first-order valence-electron chi connectivity index (χ1n) is 8.27. The molecule has 0 saturated carbocycles. The van der Waals surface area contributed by atoms with E-state index >= 15 is 0 Å². The molecule has 1 atom stereocenters. The van der Waals surface area contributed by atoms with Crippen LogP contribution in [0.3, 0.4) is 0 Å². The highest BCUT2D eigenvalue weighted by Gasteiger charge is 2.34. The van der Waals surface area contributed by atoms with Crippen LogP contribution in [0, 0.1) is 0 Å². The van der Waals surface area contributed by atoms with Crippen molar-refractivity contribution in [2.24, 2.45) is 12.1 Å². The molecular weight excluding hydrogens is 386 g/mol. The fraction of sp³-hybridized carbons (Fsp3) is 0.222. The number of carbonyl (C=O) groups is 1. The summed E-state index contributed by atoms with van der Waals surface area (Å²) in [6, 6.07) is 10.8. The molecule has 1 aromatic carbocycles. The van der Waals surface area contributed by atoms with Gasteiger partial charge in [-0.1, -0.05) is 35.5 Å². The summed E-state index contributed by atoms with van der Waals surface area (Å²) in [5, 5.41) is 15.3. The molecule has 7 nitrogen and oxygen atoms in total.